The third-order valence-corrected chi connectivity index (χ3v) is 2.58. The molecular formula is C13H15FO3. The van der Waals surface area contributed by atoms with E-state index >= 15 is 0 Å². The zero-order chi connectivity index (χ0) is 12.4. The van der Waals surface area contributed by atoms with Crippen LogP contribution < -0.4 is 4.74 Å². The van der Waals surface area contributed by atoms with E-state index in [0.29, 0.717) is 18.6 Å². The molecule has 1 aromatic carbocycles. The van der Waals surface area contributed by atoms with Gasteiger partial charge in [0, 0.05) is 0 Å². The number of rotatable bonds is 2. The molecule has 0 saturated carbocycles. The second-order valence-corrected chi connectivity index (χ2v) is 4.38. The lowest BCUT2D eigenvalue weighted by atomic mass is 10.0. The first kappa shape index (κ1) is 11.9. The van der Waals surface area contributed by atoms with Crippen molar-refractivity contribution in [3.63, 3.8) is 0 Å². The van der Waals surface area contributed by atoms with Crippen molar-refractivity contribution in [2.45, 2.75) is 38.9 Å². The van der Waals surface area contributed by atoms with Crippen molar-refractivity contribution in [1.82, 2.24) is 0 Å². The topological polar surface area (TPSA) is 35.5 Å². The number of hydrogen-bond acceptors (Lipinski definition) is 3. The standard InChI is InChI=1S/C13H15FO3/c1-8(2)16-13(15)12-5-3-9-7-10(14)4-6-11(9)17-12/h4,6-8,12H,3,5H2,1-2H3/t12-/m1/s1. The van der Waals surface area contributed by atoms with Gasteiger partial charge in [-0.05, 0) is 50.5 Å². The van der Waals surface area contributed by atoms with Gasteiger partial charge in [0.2, 0.25) is 0 Å². The Morgan fingerprint density at radius 3 is 3.00 bits per heavy atom. The molecule has 1 heterocycles. The molecule has 1 aromatic rings. The van der Waals surface area contributed by atoms with Gasteiger partial charge in [0.25, 0.3) is 0 Å². The zero-order valence-electron chi connectivity index (χ0n) is 9.90. The van der Waals surface area contributed by atoms with Crippen molar-refractivity contribution >= 4 is 5.97 Å². The van der Waals surface area contributed by atoms with E-state index in [-0.39, 0.29) is 17.9 Å². The van der Waals surface area contributed by atoms with E-state index < -0.39 is 6.10 Å². The number of carbonyl (C=O) groups excluding carboxylic acids is 1. The van der Waals surface area contributed by atoms with E-state index in [1.165, 1.54) is 12.1 Å². The number of aryl methyl sites for hydroxylation is 1. The highest BCUT2D eigenvalue weighted by Crippen LogP contribution is 2.28. The lowest BCUT2D eigenvalue weighted by Gasteiger charge is -2.25. The molecule has 0 fully saturated rings. The van der Waals surface area contributed by atoms with Crippen LogP contribution >= 0.6 is 0 Å². The number of esters is 1. The Hall–Kier alpha value is -1.58. The van der Waals surface area contributed by atoms with Crippen LogP contribution in [0.25, 0.3) is 0 Å². The number of carbonyl (C=O) groups is 1. The minimum absolute atomic E-state index is 0.152. The second-order valence-electron chi connectivity index (χ2n) is 4.38. The molecule has 0 bridgehead atoms. The van der Waals surface area contributed by atoms with E-state index in [9.17, 15) is 9.18 Å². The van der Waals surface area contributed by atoms with Gasteiger partial charge in [-0.25, -0.2) is 9.18 Å². The van der Waals surface area contributed by atoms with E-state index in [1.807, 2.05) is 0 Å². The summed E-state index contributed by atoms with van der Waals surface area (Å²) in [6, 6.07) is 4.33. The molecular weight excluding hydrogens is 223 g/mol. The van der Waals surface area contributed by atoms with Crippen molar-refractivity contribution in [3.8, 4) is 5.75 Å². The highest BCUT2D eigenvalue weighted by Gasteiger charge is 2.28. The Morgan fingerprint density at radius 2 is 2.29 bits per heavy atom. The van der Waals surface area contributed by atoms with Crippen LogP contribution in [0.1, 0.15) is 25.8 Å². The van der Waals surface area contributed by atoms with E-state index in [0.717, 1.165) is 5.56 Å². The molecule has 0 radical (unpaired) electrons. The Bertz CT molecular complexity index is 429. The van der Waals surface area contributed by atoms with Gasteiger partial charge < -0.3 is 9.47 Å². The first-order valence-corrected chi connectivity index (χ1v) is 5.72. The molecule has 17 heavy (non-hydrogen) atoms. The van der Waals surface area contributed by atoms with Crippen LogP contribution in [0.2, 0.25) is 0 Å². The molecule has 3 nitrogen and oxygen atoms in total. The highest BCUT2D eigenvalue weighted by molar-refractivity contribution is 5.75. The predicted molar refractivity (Wildman–Crippen MR) is 60.4 cm³/mol. The number of benzene rings is 1. The van der Waals surface area contributed by atoms with E-state index in [1.54, 1.807) is 19.9 Å². The normalized spacial score (nSPS) is 18.5. The Kier molecular flexibility index (Phi) is 3.31. The first-order chi connectivity index (χ1) is 8.06. The highest BCUT2D eigenvalue weighted by atomic mass is 19.1. The summed E-state index contributed by atoms with van der Waals surface area (Å²) in [7, 11) is 0. The van der Waals surface area contributed by atoms with Crippen LogP contribution in [0.5, 0.6) is 5.75 Å². The summed E-state index contributed by atoms with van der Waals surface area (Å²) in [6.07, 6.45) is 0.434. The lowest BCUT2D eigenvalue weighted by molar-refractivity contribution is -0.156. The number of ether oxygens (including phenoxy) is 2. The first-order valence-electron chi connectivity index (χ1n) is 5.72. The minimum Gasteiger partial charge on any atom is -0.478 e. The summed E-state index contributed by atoms with van der Waals surface area (Å²) in [6.45, 7) is 3.59. The summed E-state index contributed by atoms with van der Waals surface area (Å²) in [5.41, 5.74) is 0.804. The maximum absolute atomic E-state index is 13.0. The van der Waals surface area contributed by atoms with Gasteiger partial charge >= 0.3 is 5.97 Å². The summed E-state index contributed by atoms with van der Waals surface area (Å²) >= 11 is 0. The van der Waals surface area contributed by atoms with Gasteiger partial charge in [0.1, 0.15) is 11.6 Å². The maximum atomic E-state index is 13.0. The Balaban J connectivity index is 2.08. The minimum atomic E-state index is -0.574. The molecule has 0 aliphatic carbocycles. The summed E-state index contributed by atoms with van der Waals surface area (Å²) in [5.74, 6) is -0.0612. The average Bonchev–Trinajstić information content (AvgIpc) is 2.27. The third-order valence-electron chi connectivity index (χ3n) is 2.58. The fourth-order valence-corrected chi connectivity index (χ4v) is 1.83. The molecule has 1 aliphatic heterocycles. The molecule has 92 valence electrons. The van der Waals surface area contributed by atoms with Crippen molar-refractivity contribution in [3.05, 3.63) is 29.6 Å². The molecule has 0 saturated heterocycles. The molecule has 0 N–H and O–H groups in total. The van der Waals surface area contributed by atoms with Crippen molar-refractivity contribution in [2.75, 3.05) is 0 Å². The molecule has 0 amide bonds. The van der Waals surface area contributed by atoms with Gasteiger partial charge in [-0.15, -0.1) is 0 Å². The van der Waals surface area contributed by atoms with Crippen LogP contribution in [0.4, 0.5) is 4.39 Å². The smallest absolute Gasteiger partial charge is 0.347 e. The largest absolute Gasteiger partial charge is 0.478 e. The van der Waals surface area contributed by atoms with E-state index in [4.69, 9.17) is 9.47 Å². The van der Waals surface area contributed by atoms with Crippen LogP contribution in [0, 0.1) is 5.82 Å². The Labute approximate surface area is 99.5 Å². The van der Waals surface area contributed by atoms with Gasteiger partial charge in [-0.3, -0.25) is 0 Å². The molecule has 1 aliphatic rings. The van der Waals surface area contributed by atoms with E-state index in [2.05, 4.69) is 0 Å². The monoisotopic (exact) mass is 238 g/mol. The fourth-order valence-electron chi connectivity index (χ4n) is 1.83. The third kappa shape index (κ3) is 2.75. The van der Waals surface area contributed by atoms with Crippen LogP contribution in [0.15, 0.2) is 18.2 Å². The van der Waals surface area contributed by atoms with Gasteiger partial charge in [0.05, 0.1) is 6.10 Å². The number of fused-ring (bicyclic) bond motifs is 1. The zero-order valence-corrected chi connectivity index (χ0v) is 9.90. The summed E-state index contributed by atoms with van der Waals surface area (Å²) < 4.78 is 23.6. The Morgan fingerprint density at radius 1 is 1.53 bits per heavy atom. The summed E-state index contributed by atoms with van der Waals surface area (Å²) in [4.78, 5) is 11.7. The number of halogens is 1. The average molecular weight is 238 g/mol. The maximum Gasteiger partial charge on any atom is 0.347 e. The molecule has 1 atom stereocenters. The SMILES string of the molecule is CC(C)OC(=O)[C@H]1CCc2cc(F)ccc2O1. The fraction of sp³-hybridized carbons (Fsp3) is 0.462. The predicted octanol–water partition coefficient (Wildman–Crippen LogP) is 2.47. The lowest BCUT2D eigenvalue weighted by Crippen LogP contribution is -2.34. The summed E-state index contributed by atoms with van der Waals surface area (Å²) in [5, 5.41) is 0. The molecule has 0 aromatic heterocycles. The van der Waals surface area contributed by atoms with Crippen LogP contribution in [-0.2, 0) is 16.0 Å². The van der Waals surface area contributed by atoms with Crippen molar-refractivity contribution in [2.24, 2.45) is 0 Å². The van der Waals surface area contributed by atoms with Crippen LogP contribution in [-0.4, -0.2) is 18.2 Å². The van der Waals surface area contributed by atoms with Crippen molar-refractivity contribution in [1.29, 1.82) is 0 Å². The van der Waals surface area contributed by atoms with Crippen molar-refractivity contribution < 1.29 is 18.7 Å². The molecule has 4 heteroatoms. The molecule has 0 unspecified atom stereocenters. The molecule has 0 spiro atoms. The quantitative estimate of drug-likeness (QED) is 0.742. The van der Waals surface area contributed by atoms with Gasteiger partial charge in [-0.2, -0.15) is 0 Å². The number of hydrogen-bond donors (Lipinski definition) is 0. The van der Waals surface area contributed by atoms with Crippen LogP contribution in [0.3, 0.4) is 0 Å². The second kappa shape index (κ2) is 4.73. The molecule has 2 rings (SSSR count). The van der Waals surface area contributed by atoms with Gasteiger partial charge in [-0.1, -0.05) is 0 Å². The van der Waals surface area contributed by atoms with Gasteiger partial charge in [0.15, 0.2) is 6.10 Å².